The monoisotopic (exact) mass is 260 g/mol. The van der Waals surface area contributed by atoms with Crippen LogP contribution in [-0.2, 0) is 20.9 Å². The summed E-state index contributed by atoms with van der Waals surface area (Å²) in [6.07, 6.45) is 3.86. The van der Waals surface area contributed by atoms with Gasteiger partial charge < -0.3 is 9.47 Å². The van der Waals surface area contributed by atoms with Crippen molar-refractivity contribution in [1.82, 2.24) is 0 Å². The molecule has 3 heteroatoms. The van der Waals surface area contributed by atoms with Crippen LogP contribution in [0.2, 0.25) is 0 Å². The van der Waals surface area contributed by atoms with Gasteiger partial charge >= 0.3 is 5.97 Å². The van der Waals surface area contributed by atoms with Crippen molar-refractivity contribution >= 4 is 5.97 Å². The Labute approximate surface area is 114 Å². The molecule has 0 unspecified atom stereocenters. The van der Waals surface area contributed by atoms with E-state index >= 15 is 0 Å². The topological polar surface area (TPSA) is 35.5 Å². The van der Waals surface area contributed by atoms with Crippen LogP contribution in [-0.4, -0.2) is 19.2 Å². The number of allylic oxidation sites excluding steroid dienone is 1. The third kappa shape index (κ3) is 6.02. The van der Waals surface area contributed by atoms with Crippen LogP contribution in [0.25, 0.3) is 0 Å². The van der Waals surface area contributed by atoms with Crippen LogP contribution in [0.4, 0.5) is 0 Å². The molecule has 19 heavy (non-hydrogen) atoms. The second-order valence-electron chi connectivity index (χ2n) is 3.98. The number of benzene rings is 1. The Morgan fingerprint density at radius 2 is 2.00 bits per heavy atom. The lowest BCUT2D eigenvalue weighted by atomic mass is 10.2. The van der Waals surface area contributed by atoms with Crippen molar-refractivity contribution in [2.45, 2.75) is 20.0 Å². The molecular formula is C16H20O3. The second kappa shape index (κ2) is 9.11. The number of rotatable bonds is 8. The Bertz CT molecular complexity index is 421. The van der Waals surface area contributed by atoms with E-state index in [0.717, 1.165) is 5.56 Å². The van der Waals surface area contributed by atoms with Gasteiger partial charge in [-0.3, -0.25) is 0 Å². The molecule has 1 rings (SSSR count). The lowest BCUT2D eigenvalue weighted by Gasteiger charge is -2.06. The fourth-order valence-electron chi connectivity index (χ4n) is 1.49. The van der Waals surface area contributed by atoms with Gasteiger partial charge in [0.2, 0.25) is 0 Å². The fraction of sp³-hybridized carbons (Fsp3) is 0.312. The van der Waals surface area contributed by atoms with Gasteiger partial charge in [0.05, 0.1) is 25.4 Å². The molecule has 0 heterocycles. The molecule has 0 amide bonds. The standard InChI is InChI=1S/C16H20O3/c1-3-15(4-2)16(17)19-12-8-11-18-13-14-9-6-5-7-10-14/h3-7,9-10H,1,8,11-13H2,2H3/b15-4+. The zero-order valence-electron chi connectivity index (χ0n) is 11.3. The Morgan fingerprint density at radius 3 is 2.63 bits per heavy atom. The van der Waals surface area contributed by atoms with Gasteiger partial charge in [-0.1, -0.05) is 49.1 Å². The summed E-state index contributed by atoms with van der Waals surface area (Å²) < 4.78 is 10.6. The van der Waals surface area contributed by atoms with Gasteiger partial charge in [-0.15, -0.1) is 0 Å². The molecule has 0 atom stereocenters. The summed E-state index contributed by atoms with van der Waals surface area (Å²) in [4.78, 5) is 11.5. The highest BCUT2D eigenvalue weighted by Crippen LogP contribution is 2.02. The van der Waals surface area contributed by atoms with Gasteiger partial charge in [0, 0.05) is 6.42 Å². The van der Waals surface area contributed by atoms with Gasteiger partial charge in [-0.25, -0.2) is 4.79 Å². The SMILES string of the molecule is C=C/C(=C\C)C(=O)OCCCOCc1ccccc1. The first kappa shape index (κ1) is 15.2. The van der Waals surface area contributed by atoms with Crippen LogP contribution in [0.1, 0.15) is 18.9 Å². The molecule has 1 aromatic carbocycles. The molecule has 0 fully saturated rings. The minimum Gasteiger partial charge on any atom is -0.462 e. The molecule has 0 saturated carbocycles. The largest absolute Gasteiger partial charge is 0.462 e. The van der Waals surface area contributed by atoms with Gasteiger partial charge in [0.1, 0.15) is 0 Å². The Kier molecular flexibility index (Phi) is 7.28. The lowest BCUT2D eigenvalue weighted by molar-refractivity contribution is -0.139. The van der Waals surface area contributed by atoms with Gasteiger partial charge in [0.25, 0.3) is 0 Å². The van der Waals surface area contributed by atoms with Gasteiger partial charge in [-0.2, -0.15) is 0 Å². The highest BCUT2D eigenvalue weighted by Gasteiger charge is 2.05. The minimum absolute atomic E-state index is 0.333. The third-order valence-electron chi connectivity index (χ3n) is 2.54. The molecule has 0 aliphatic carbocycles. The summed E-state index contributed by atoms with van der Waals surface area (Å²) in [6.45, 7) is 6.85. The van der Waals surface area contributed by atoms with E-state index in [1.54, 1.807) is 13.0 Å². The summed E-state index contributed by atoms with van der Waals surface area (Å²) in [5, 5.41) is 0. The Morgan fingerprint density at radius 1 is 1.26 bits per heavy atom. The fourth-order valence-corrected chi connectivity index (χ4v) is 1.49. The van der Waals surface area contributed by atoms with Crippen LogP contribution >= 0.6 is 0 Å². The van der Waals surface area contributed by atoms with Crippen LogP contribution in [0.15, 0.2) is 54.6 Å². The molecule has 0 bridgehead atoms. The van der Waals surface area contributed by atoms with Crippen molar-refractivity contribution in [2.75, 3.05) is 13.2 Å². The van der Waals surface area contributed by atoms with Crippen LogP contribution in [0.5, 0.6) is 0 Å². The van der Waals surface area contributed by atoms with E-state index in [1.807, 2.05) is 30.3 Å². The summed E-state index contributed by atoms with van der Waals surface area (Å²) >= 11 is 0. The predicted octanol–water partition coefficient (Wildman–Crippen LogP) is 3.27. The van der Waals surface area contributed by atoms with Gasteiger partial charge in [-0.05, 0) is 12.5 Å². The quantitative estimate of drug-likeness (QED) is 0.311. The normalized spacial score (nSPS) is 11.1. The average Bonchev–Trinajstić information content (AvgIpc) is 2.45. The number of hydrogen-bond donors (Lipinski definition) is 0. The Balaban J connectivity index is 2.09. The van der Waals surface area contributed by atoms with Crippen LogP contribution < -0.4 is 0 Å². The number of hydrogen-bond acceptors (Lipinski definition) is 3. The van der Waals surface area contributed by atoms with Crippen LogP contribution in [0, 0.1) is 0 Å². The van der Waals surface area contributed by atoms with Crippen LogP contribution in [0.3, 0.4) is 0 Å². The smallest absolute Gasteiger partial charge is 0.337 e. The summed E-state index contributed by atoms with van der Waals surface area (Å²) in [5.41, 5.74) is 1.63. The van der Waals surface area contributed by atoms with E-state index in [-0.39, 0.29) is 5.97 Å². The first-order valence-electron chi connectivity index (χ1n) is 6.35. The van der Waals surface area contributed by atoms with Gasteiger partial charge in [0.15, 0.2) is 0 Å². The van der Waals surface area contributed by atoms with E-state index in [9.17, 15) is 4.79 Å². The third-order valence-corrected chi connectivity index (χ3v) is 2.54. The van der Waals surface area contributed by atoms with Crippen molar-refractivity contribution in [2.24, 2.45) is 0 Å². The number of carbonyl (C=O) groups excluding carboxylic acids is 1. The number of carbonyl (C=O) groups is 1. The molecule has 102 valence electrons. The molecular weight excluding hydrogens is 240 g/mol. The maximum atomic E-state index is 11.5. The summed E-state index contributed by atoms with van der Waals surface area (Å²) in [6, 6.07) is 9.97. The highest BCUT2D eigenvalue weighted by molar-refractivity contribution is 5.91. The zero-order valence-corrected chi connectivity index (χ0v) is 11.3. The molecule has 0 spiro atoms. The van der Waals surface area contributed by atoms with Crippen molar-refractivity contribution in [3.63, 3.8) is 0 Å². The van der Waals surface area contributed by atoms with Crippen molar-refractivity contribution in [3.8, 4) is 0 Å². The molecule has 0 aliphatic rings. The maximum absolute atomic E-state index is 11.5. The predicted molar refractivity (Wildman–Crippen MR) is 75.6 cm³/mol. The maximum Gasteiger partial charge on any atom is 0.337 e. The molecule has 3 nitrogen and oxygen atoms in total. The first-order chi connectivity index (χ1) is 9.27. The Hall–Kier alpha value is -1.87. The van der Waals surface area contributed by atoms with E-state index in [0.29, 0.717) is 31.8 Å². The van der Waals surface area contributed by atoms with E-state index in [2.05, 4.69) is 6.58 Å². The molecule has 0 radical (unpaired) electrons. The zero-order chi connectivity index (χ0) is 13.9. The van der Waals surface area contributed by atoms with Crippen molar-refractivity contribution in [1.29, 1.82) is 0 Å². The molecule has 0 saturated heterocycles. The van der Waals surface area contributed by atoms with Crippen molar-refractivity contribution in [3.05, 3.63) is 60.2 Å². The van der Waals surface area contributed by atoms with Crippen molar-refractivity contribution < 1.29 is 14.3 Å². The van der Waals surface area contributed by atoms with E-state index < -0.39 is 0 Å². The lowest BCUT2D eigenvalue weighted by Crippen LogP contribution is -2.09. The molecule has 1 aromatic rings. The summed E-state index contributed by atoms with van der Waals surface area (Å²) in [5.74, 6) is -0.333. The van der Waals surface area contributed by atoms with E-state index in [4.69, 9.17) is 9.47 Å². The number of esters is 1. The minimum atomic E-state index is -0.333. The molecule has 0 N–H and O–H groups in total. The molecule has 0 aliphatic heterocycles. The van der Waals surface area contributed by atoms with E-state index in [1.165, 1.54) is 6.08 Å². The first-order valence-corrected chi connectivity index (χ1v) is 6.35. The highest BCUT2D eigenvalue weighted by atomic mass is 16.5. The second-order valence-corrected chi connectivity index (χ2v) is 3.98. The molecule has 0 aromatic heterocycles. The summed E-state index contributed by atoms with van der Waals surface area (Å²) in [7, 11) is 0. The average molecular weight is 260 g/mol. The number of ether oxygens (including phenoxy) is 2.